The van der Waals surface area contributed by atoms with E-state index < -0.39 is 5.91 Å². The minimum atomic E-state index is -0.487. The summed E-state index contributed by atoms with van der Waals surface area (Å²) < 4.78 is 5.38. The first-order valence-corrected chi connectivity index (χ1v) is 7.12. The topological polar surface area (TPSA) is 87.7 Å². The molecule has 23 heavy (non-hydrogen) atoms. The third kappa shape index (κ3) is 5.80. The summed E-state index contributed by atoms with van der Waals surface area (Å²) >= 11 is 0. The fraction of sp³-hybridized carbons (Fsp3) is 0.176. The summed E-state index contributed by atoms with van der Waals surface area (Å²) in [5.74, 6) is -0.162. The van der Waals surface area contributed by atoms with Gasteiger partial charge in [0, 0.05) is 6.54 Å². The molecule has 0 fully saturated rings. The fourth-order valence-corrected chi connectivity index (χ4v) is 1.92. The first kappa shape index (κ1) is 16.5. The molecule has 0 aliphatic rings. The van der Waals surface area contributed by atoms with Crippen molar-refractivity contribution >= 4 is 11.8 Å². The Labute approximate surface area is 134 Å². The summed E-state index contributed by atoms with van der Waals surface area (Å²) in [6, 6.07) is 16.4. The lowest BCUT2D eigenvalue weighted by atomic mass is 10.1. The number of hydrogen-bond donors (Lipinski definition) is 3. The normalized spacial score (nSPS) is 9.96. The van der Waals surface area contributed by atoms with E-state index in [0.717, 1.165) is 11.1 Å². The lowest BCUT2D eigenvalue weighted by Crippen LogP contribution is -2.28. The van der Waals surface area contributed by atoms with Crippen LogP contribution in [0.4, 0.5) is 0 Å². The van der Waals surface area contributed by atoms with Gasteiger partial charge in [-0.15, -0.1) is 0 Å². The van der Waals surface area contributed by atoms with Crippen LogP contribution in [0.15, 0.2) is 54.6 Å². The third-order valence-electron chi connectivity index (χ3n) is 3.12. The first-order valence-electron chi connectivity index (χ1n) is 7.12. The number of hydroxylamine groups is 1. The van der Waals surface area contributed by atoms with Gasteiger partial charge in [0.15, 0.2) is 6.61 Å². The maximum atomic E-state index is 11.7. The van der Waals surface area contributed by atoms with Crippen molar-refractivity contribution in [3.05, 3.63) is 65.7 Å². The number of rotatable bonds is 7. The molecule has 0 atom stereocenters. The second kappa shape index (κ2) is 8.55. The monoisotopic (exact) mass is 314 g/mol. The van der Waals surface area contributed by atoms with E-state index in [4.69, 9.17) is 9.94 Å². The molecular formula is C17H18N2O4. The molecule has 0 spiro atoms. The van der Waals surface area contributed by atoms with Crippen LogP contribution in [0.5, 0.6) is 5.75 Å². The average molecular weight is 314 g/mol. The van der Waals surface area contributed by atoms with Crippen molar-refractivity contribution in [2.45, 2.75) is 13.0 Å². The van der Waals surface area contributed by atoms with Gasteiger partial charge in [0.05, 0.1) is 6.42 Å². The van der Waals surface area contributed by atoms with Gasteiger partial charge in [-0.25, -0.2) is 5.48 Å². The number of benzene rings is 2. The summed E-state index contributed by atoms with van der Waals surface area (Å²) in [6.45, 7) is 0.377. The van der Waals surface area contributed by atoms with Crippen molar-refractivity contribution in [1.82, 2.24) is 10.8 Å². The molecule has 2 aromatic carbocycles. The van der Waals surface area contributed by atoms with Gasteiger partial charge in [0.1, 0.15) is 5.75 Å². The first-order chi connectivity index (χ1) is 11.2. The van der Waals surface area contributed by atoms with Crippen molar-refractivity contribution < 1.29 is 19.5 Å². The van der Waals surface area contributed by atoms with Crippen molar-refractivity contribution in [1.29, 1.82) is 0 Å². The summed E-state index contributed by atoms with van der Waals surface area (Å²) in [7, 11) is 0. The smallest absolute Gasteiger partial charge is 0.258 e. The minimum absolute atomic E-state index is 0.0777. The number of carbonyl (C=O) groups excluding carboxylic acids is 2. The van der Waals surface area contributed by atoms with E-state index in [0.29, 0.717) is 12.3 Å². The van der Waals surface area contributed by atoms with Crippen LogP contribution in [-0.4, -0.2) is 23.6 Å². The zero-order valence-corrected chi connectivity index (χ0v) is 12.5. The molecule has 0 heterocycles. The maximum absolute atomic E-state index is 11.7. The third-order valence-corrected chi connectivity index (χ3v) is 3.12. The largest absolute Gasteiger partial charge is 0.484 e. The summed E-state index contributed by atoms with van der Waals surface area (Å²) in [4.78, 5) is 22.7. The van der Waals surface area contributed by atoms with E-state index in [-0.39, 0.29) is 18.9 Å². The molecule has 0 bridgehead atoms. The SMILES string of the molecule is O=C(Cc1ccc(OCC(=O)NCc2ccccc2)cc1)NO. The molecule has 6 heteroatoms. The van der Waals surface area contributed by atoms with Gasteiger partial charge in [-0.1, -0.05) is 42.5 Å². The molecule has 3 N–H and O–H groups in total. The van der Waals surface area contributed by atoms with Gasteiger partial charge >= 0.3 is 0 Å². The Bertz CT molecular complexity index is 641. The van der Waals surface area contributed by atoms with Crippen LogP contribution >= 0.6 is 0 Å². The highest BCUT2D eigenvalue weighted by molar-refractivity contribution is 5.78. The van der Waals surface area contributed by atoms with Crippen LogP contribution in [-0.2, 0) is 22.6 Å². The molecule has 0 radical (unpaired) electrons. The van der Waals surface area contributed by atoms with Crippen LogP contribution in [0.2, 0.25) is 0 Å². The number of amides is 2. The van der Waals surface area contributed by atoms with E-state index in [1.165, 1.54) is 0 Å². The Hall–Kier alpha value is -2.86. The number of ether oxygens (including phenoxy) is 1. The van der Waals surface area contributed by atoms with Crippen LogP contribution in [0.1, 0.15) is 11.1 Å². The minimum Gasteiger partial charge on any atom is -0.484 e. The summed E-state index contributed by atoms with van der Waals surface area (Å²) in [6.07, 6.45) is 0.0777. The fourth-order valence-electron chi connectivity index (χ4n) is 1.92. The van der Waals surface area contributed by atoms with Crippen molar-refractivity contribution in [3.63, 3.8) is 0 Å². The molecule has 6 nitrogen and oxygen atoms in total. The highest BCUT2D eigenvalue weighted by Crippen LogP contribution is 2.12. The Morgan fingerprint density at radius 1 is 0.913 bits per heavy atom. The molecule has 2 amide bonds. The van der Waals surface area contributed by atoms with Crippen molar-refractivity contribution in [2.75, 3.05) is 6.61 Å². The second-order valence-electron chi connectivity index (χ2n) is 4.91. The molecular weight excluding hydrogens is 296 g/mol. The van der Waals surface area contributed by atoms with E-state index in [2.05, 4.69) is 5.32 Å². The van der Waals surface area contributed by atoms with Gasteiger partial charge in [-0.05, 0) is 23.3 Å². The maximum Gasteiger partial charge on any atom is 0.258 e. The Kier molecular flexibility index (Phi) is 6.14. The van der Waals surface area contributed by atoms with Gasteiger partial charge in [-0.3, -0.25) is 14.8 Å². The highest BCUT2D eigenvalue weighted by atomic mass is 16.5. The molecule has 120 valence electrons. The summed E-state index contributed by atoms with van der Waals surface area (Å²) in [5, 5.41) is 11.2. The molecule has 0 aromatic heterocycles. The quantitative estimate of drug-likeness (QED) is 0.533. The molecule has 0 saturated carbocycles. The van der Waals surface area contributed by atoms with E-state index in [1.54, 1.807) is 29.7 Å². The van der Waals surface area contributed by atoms with E-state index >= 15 is 0 Å². The second-order valence-corrected chi connectivity index (χ2v) is 4.91. The molecule has 0 unspecified atom stereocenters. The van der Waals surface area contributed by atoms with Gasteiger partial charge < -0.3 is 10.1 Å². The molecule has 0 aliphatic carbocycles. The average Bonchev–Trinajstić information content (AvgIpc) is 2.60. The van der Waals surface area contributed by atoms with Crippen molar-refractivity contribution in [2.24, 2.45) is 0 Å². The van der Waals surface area contributed by atoms with Gasteiger partial charge in [0.2, 0.25) is 5.91 Å². The number of carbonyl (C=O) groups is 2. The van der Waals surface area contributed by atoms with Gasteiger partial charge in [-0.2, -0.15) is 0 Å². The van der Waals surface area contributed by atoms with E-state index in [1.807, 2.05) is 30.3 Å². The zero-order valence-electron chi connectivity index (χ0n) is 12.5. The lowest BCUT2D eigenvalue weighted by molar-refractivity contribution is -0.128. The summed E-state index contributed by atoms with van der Waals surface area (Å²) in [5.41, 5.74) is 3.33. The molecule has 0 aliphatic heterocycles. The lowest BCUT2D eigenvalue weighted by Gasteiger charge is -2.08. The number of hydrogen-bond acceptors (Lipinski definition) is 4. The Morgan fingerprint density at radius 3 is 2.26 bits per heavy atom. The zero-order chi connectivity index (χ0) is 16.5. The molecule has 0 saturated heterocycles. The van der Waals surface area contributed by atoms with Crippen LogP contribution in [0.3, 0.4) is 0 Å². The predicted molar refractivity (Wildman–Crippen MR) is 83.9 cm³/mol. The van der Waals surface area contributed by atoms with Crippen molar-refractivity contribution in [3.8, 4) is 5.75 Å². The van der Waals surface area contributed by atoms with Crippen LogP contribution < -0.4 is 15.5 Å². The number of nitrogens with one attached hydrogen (secondary N) is 2. The standard InChI is InChI=1S/C17H18N2O4/c20-16(19-22)10-13-6-8-15(9-7-13)23-12-17(21)18-11-14-4-2-1-3-5-14/h1-9,22H,10-12H2,(H,18,21)(H,19,20). The Balaban J connectivity index is 1.74. The Morgan fingerprint density at radius 2 is 1.61 bits per heavy atom. The highest BCUT2D eigenvalue weighted by Gasteiger charge is 2.04. The molecule has 2 aromatic rings. The van der Waals surface area contributed by atoms with Crippen LogP contribution in [0.25, 0.3) is 0 Å². The molecule has 2 rings (SSSR count). The predicted octanol–water partition coefficient (Wildman–Crippen LogP) is 1.43. The van der Waals surface area contributed by atoms with Crippen LogP contribution in [0, 0.1) is 0 Å². The van der Waals surface area contributed by atoms with E-state index in [9.17, 15) is 9.59 Å². The van der Waals surface area contributed by atoms with Gasteiger partial charge in [0.25, 0.3) is 5.91 Å².